The minimum Gasteiger partial charge on any atom is -0.396 e. The van der Waals surface area contributed by atoms with Crippen LogP contribution in [0.3, 0.4) is 0 Å². The molecule has 1 saturated heterocycles. The number of nitrogens with one attached hydrogen (secondary N) is 2. The molecule has 0 radical (unpaired) electrons. The van der Waals surface area contributed by atoms with Crippen LogP contribution in [0, 0.1) is 5.92 Å². The molecule has 0 unspecified atom stereocenters. The van der Waals surface area contributed by atoms with Crippen molar-refractivity contribution in [3.63, 3.8) is 0 Å². The Bertz CT molecular complexity index is 1370. The third-order valence-corrected chi connectivity index (χ3v) is 8.25. The predicted octanol–water partition coefficient (Wildman–Crippen LogP) is 4.87. The summed E-state index contributed by atoms with van der Waals surface area (Å²) in [7, 11) is 0. The van der Waals surface area contributed by atoms with Crippen LogP contribution in [0.4, 0.5) is 11.4 Å². The zero-order chi connectivity index (χ0) is 23.2. The van der Waals surface area contributed by atoms with E-state index in [1.54, 1.807) is 0 Å². The van der Waals surface area contributed by atoms with E-state index in [0.29, 0.717) is 19.1 Å². The molecule has 0 aliphatic carbocycles. The average Bonchev–Trinajstić information content (AvgIpc) is 3.20. The maximum absolute atomic E-state index is 12.7. The molecule has 0 spiro atoms. The number of rotatable bonds is 3. The third kappa shape index (κ3) is 3.69. The Balaban J connectivity index is 1.33. The van der Waals surface area contributed by atoms with Crippen LogP contribution in [-0.2, 0) is 0 Å². The number of carbonyl (C=O) groups excluding carboxylic acids is 1. The molecule has 2 aromatic heterocycles. The van der Waals surface area contributed by atoms with Gasteiger partial charge in [0.2, 0.25) is 0 Å². The first kappa shape index (κ1) is 21.4. The number of pyridine rings is 1. The van der Waals surface area contributed by atoms with E-state index >= 15 is 0 Å². The van der Waals surface area contributed by atoms with Gasteiger partial charge in [0.1, 0.15) is 4.88 Å². The van der Waals surface area contributed by atoms with Gasteiger partial charge >= 0.3 is 0 Å². The lowest BCUT2D eigenvalue weighted by Gasteiger charge is -2.32. The molecule has 4 heterocycles. The summed E-state index contributed by atoms with van der Waals surface area (Å²) in [5.74, 6) is 0.432. The van der Waals surface area contributed by atoms with Gasteiger partial charge < -0.3 is 20.6 Å². The van der Waals surface area contributed by atoms with Crippen LogP contribution >= 0.6 is 11.3 Å². The average molecular weight is 473 g/mol. The molecular weight excluding hydrogens is 444 g/mol. The van der Waals surface area contributed by atoms with Crippen molar-refractivity contribution in [2.45, 2.75) is 25.8 Å². The second kappa shape index (κ2) is 8.56. The molecule has 34 heavy (non-hydrogen) atoms. The molecule has 1 atom stereocenters. The summed E-state index contributed by atoms with van der Waals surface area (Å²) in [6, 6.07) is 17.1. The zero-order valence-corrected chi connectivity index (χ0v) is 20.0. The normalized spacial score (nSPS) is 19.1. The van der Waals surface area contributed by atoms with E-state index in [-0.39, 0.29) is 11.9 Å². The minimum atomic E-state index is -0.00731. The number of fused-ring (bicyclic) bond motifs is 5. The smallest absolute Gasteiger partial charge is 0.263 e. The predicted molar refractivity (Wildman–Crippen MR) is 140 cm³/mol. The van der Waals surface area contributed by atoms with Crippen LogP contribution < -0.4 is 15.5 Å². The molecule has 7 heteroatoms. The van der Waals surface area contributed by atoms with Gasteiger partial charge in [-0.2, -0.15) is 0 Å². The summed E-state index contributed by atoms with van der Waals surface area (Å²) in [5.41, 5.74) is 5.11. The summed E-state index contributed by atoms with van der Waals surface area (Å²) < 4.78 is 1.10. The van der Waals surface area contributed by atoms with E-state index in [4.69, 9.17) is 4.98 Å². The van der Waals surface area contributed by atoms with Gasteiger partial charge in [0.15, 0.2) is 0 Å². The van der Waals surface area contributed by atoms with E-state index in [0.717, 1.165) is 68.7 Å². The van der Waals surface area contributed by atoms with Gasteiger partial charge in [-0.1, -0.05) is 12.1 Å². The molecule has 174 valence electrons. The molecule has 0 bridgehead atoms. The summed E-state index contributed by atoms with van der Waals surface area (Å²) in [6.07, 6.45) is 2.08. The highest BCUT2D eigenvalue weighted by atomic mass is 32.1. The standard InChI is InChI=1S/C27H28N4O2S/c1-16-14-28-25-24-20-6-7-21(30-22(20)8-9-23(24)34-26(25)27(33)29-16)18-2-4-19(5-3-18)31-12-10-17(15-32)11-13-31/h2-9,16-17,28,32H,10-15H2,1H3,(H,29,33)/t16-/m1/s1. The summed E-state index contributed by atoms with van der Waals surface area (Å²) in [5, 5.41) is 18.1. The van der Waals surface area contributed by atoms with E-state index in [9.17, 15) is 9.90 Å². The molecule has 2 aliphatic heterocycles. The van der Waals surface area contributed by atoms with Gasteiger partial charge in [0.05, 0.1) is 16.9 Å². The van der Waals surface area contributed by atoms with Crippen molar-refractivity contribution in [1.82, 2.24) is 10.3 Å². The first-order valence-electron chi connectivity index (χ1n) is 12.0. The number of amides is 1. The Morgan fingerprint density at radius 1 is 1.09 bits per heavy atom. The fourth-order valence-corrected chi connectivity index (χ4v) is 6.20. The zero-order valence-electron chi connectivity index (χ0n) is 19.2. The van der Waals surface area contributed by atoms with Gasteiger partial charge in [-0.15, -0.1) is 11.3 Å². The Hall–Kier alpha value is -3.16. The molecule has 4 aromatic rings. The van der Waals surface area contributed by atoms with Gasteiger partial charge in [0, 0.05) is 59.0 Å². The Labute approximate surface area is 202 Å². The van der Waals surface area contributed by atoms with E-state index in [1.807, 2.05) is 6.92 Å². The molecule has 2 aromatic carbocycles. The minimum absolute atomic E-state index is 0.00731. The van der Waals surface area contributed by atoms with Crippen molar-refractivity contribution in [1.29, 1.82) is 0 Å². The lowest BCUT2D eigenvalue weighted by Crippen LogP contribution is -2.34. The third-order valence-electron chi connectivity index (χ3n) is 7.09. The molecule has 6 nitrogen and oxygen atoms in total. The topological polar surface area (TPSA) is 77.5 Å². The molecule has 0 saturated carbocycles. The van der Waals surface area contributed by atoms with Crippen molar-refractivity contribution in [2.75, 3.05) is 36.5 Å². The number of nitrogens with zero attached hydrogens (tertiary/aromatic N) is 2. The monoisotopic (exact) mass is 472 g/mol. The fourth-order valence-electron chi connectivity index (χ4n) is 5.10. The summed E-state index contributed by atoms with van der Waals surface area (Å²) >= 11 is 1.53. The van der Waals surface area contributed by atoms with Gasteiger partial charge in [-0.25, -0.2) is 4.98 Å². The molecule has 1 amide bonds. The second-order valence-corrected chi connectivity index (χ2v) is 10.5. The molecular formula is C27H28N4O2S. The first-order valence-corrected chi connectivity index (χ1v) is 12.8. The SMILES string of the molecule is C[C@@H]1CNc2c(sc3ccc4nc(-c5ccc(N6CCC(CO)CC6)cc5)ccc4c23)C(=O)N1. The fraction of sp³-hybridized carbons (Fsp3) is 0.333. The molecule has 3 N–H and O–H groups in total. The number of aliphatic hydroxyl groups is 1. The molecule has 6 rings (SSSR count). The highest BCUT2D eigenvalue weighted by molar-refractivity contribution is 7.21. The number of thiophene rings is 1. The largest absolute Gasteiger partial charge is 0.396 e. The number of hydrogen-bond donors (Lipinski definition) is 3. The van der Waals surface area contributed by atoms with Gasteiger partial charge in [-0.05, 0) is 62.1 Å². The maximum Gasteiger partial charge on any atom is 0.263 e. The van der Waals surface area contributed by atoms with Crippen LogP contribution in [0.1, 0.15) is 29.4 Å². The van der Waals surface area contributed by atoms with Gasteiger partial charge in [-0.3, -0.25) is 4.79 Å². The number of anilines is 2. The number of benzene rings is 2. The van der Waals surface area contributed by atoms with Crippen LogP contribution in [0.15, 0.2) is 48.5 Å². The number of piperidine rings is 1. The number of hydrogen-bond acceptors (Lipinski definition) is 6. The van der Waals surface area contributed by atoms with Crippen molar-refractivity contribution in [2.24, 2.45) is 5.92 Å². The van der Waals surface area contributed by atoms with E-state index < -0.39 is 0 Å². The highest BCUT2D eigenvalue weighted by Crippen LogP contribution is 2.41. The first-order chi connectivity index (χ1) is 16.6. The number of aromatic nitrogens is 1. The molecule has 1 fully saturated rings. The lowest BCUT2D eigenvalue weighted by molar-refractivity contribution is 0.0949. The van der Waals surface area contributed by atoms with E-state index in [1.165, 1.54) is 17.0 Å². The summed E-state index contributed by atoms with van der Waals surface area (Å²) in [4.78, 5) is 20.8. The van der Waals surface area contributed by atoms with Crippen molar-refractivity contribution >= 4 is 49.6 Å². The summed E-state index contributed by atoms with van der Waals surface area (Å²) in [6.45, 7) is 4.99. The van der Waals surface area contributed by atoms with Gasteiger partial charge in [0.25, 0.3) is 5.91 Å². The van der Waals surface area contributed by atoms with Crippen LogP contribution in [0.5, 0.6) is 0 Å². The van der Waals surface area contributed by atoms with Crippen molar-refractivity contribution in [3.8, 4) is 11.3 Å². The second-order valence-electron chi connectivity index (χ2n) is 9.42. The van der Waals surface area contributed by atoms with Crippen molar-refractivity contribution < 1.29 is 9.90 Å². The van der Waals surface area contributed by atoms with Crippen molar-refractivity contribution in [3.05, 3.63) is 53.4 Å². The maximum atomic E-state index is 12.7. The Morgan fingerprint density at radius 3 is 2.65 bits per heavy atom. The Morgan fingerprint density at radius 2 is 1.88 bits per heavy atom. The number of aliphatic hydroxyl groups excluding tert-OH is 1. The highest BCUT2D eigenvalue weighted by Gasteiger charge is 2.25. The van der Waals surface area contributed by atoms with Crippen LogP contribution in [0.2, 0.25) is 0 Å². The van der Waals surface area contributed by atoms with E-state index in [2.05, 4.69) is 64.1 Å². The molecule has 2 aliphatic rings. The van der Waals surface area contributed by atoms with Crippen LogP contribution in [0.25, 0.3) is 32.2 Å². The van der Waals surface area contributed by atoms with Crippen LogP contribution in [-0.4, -0.2) is 48.3 Å². The number of carbonyl (C=O) groups is 1. The Kier molecular flexibility index (Phi) is 5.38. The quantitative estimate of drug-likeness (QED) is 0.397. The lowest BCUT2D eigenvalue weighted by atomic mass is 9.97.